The number of carbonyl (C=O) groups excluding carboxylic acids is 1. The predicted molar refractivity (Wildman–Crippen MR) is 143 cm³/mol. The van der Waals surface area contributed by atoms with Crippen LogP contribution >= 0.6 is 34.8 Å². The lowest BCUT2D eigenvalue weighted by atomic mass is 9.98. The second kappa shape index (κ2) is 10.5. The van der Waals surface area contributed by atoms with Crippen LogP contribution in [0.3, 0.4) is 0 Å². The molecule has 6 nitrogen and oxygen atoms in total. The fraction of sp³-hybridized carbons (Fsp3) is 0.143. The topological polar surface area (TPSA) is 88.8 Å². The molecule has 4 aromatic rings. The zero-order valence-corrected chi connectivity index (χ0v) is 21.5. The molecule has 2 N–H and O–H groups in total. The number of halogens is 3. The molecule has 9 heteroatoms. The third kappa shape index (κ3) is 5.18. The third-order valence-corrected chi connectivity index (χ3v) is 7.07. The zero-order chi connectivity index (χ0) is 26.1. The van der Waals surface area contributed by atoms with Gasteiger partial charge in [0.15, 0.2) is 0 Å². The summed E-state index contributed by atoms with van der Waals surface area (Å²) >= 11 is 18.5. The van der Waals surface area contributed by atoms with Gasteiger partial charge in [-0.25, -0.2) is 9.59 Å². The Morgan fingerprint density at radius 2 is 1.51 bits per heavy atom. The zero-order valence-electron chi connectivity index (χ0n) is 19.2. The maximum Gasteiger partial charge on any atom is 0.407 e. The molecule has 0 fully saturated rings. The number of fused-ring (bicyclic) bond motifs is 3. The first-order valence-corrected chi connectivity index (χ1v) is 12.5. The van der Waals surface area contributed by atoms with E-state index in [-0.39, 0.29) is 18.9 Å². The monoisotopic (exact) mass is 555 g/mol. The van der Waals surface area contributed by atoms with Gasteiger partial charge in [-0.05, 0) is 46.5 Å². The van der Waals surface area contributed by atoms with E-state index in [1.54, 1.807) is 12.1 Å². The summed E-state index contributed by atoms with van der Waals surface area (Å²) < 4.78 is 11.3. The van der Waals surface area contributed by atoms with Crippen molar-refractivity contribution >= 4 is 46.9 Å². The minimum Gasteiger partial charge on any atom is -0.480 e. The molecule has 0 spiro atoms. The number of alkyl carbamates (subject to hydrolysis) is 1. The number of furan rings is 1. The fourth-order valence-corrected chi connectivity index (χ4v) is 5.59. The van der Waals surface area contributed by atoms with Gasteiger partial charge in [-0.15, -0.1) is 0 Å². The molecule has 1 heterocycles. The highest BCUT2D eigenvalue weighted by Gasteiger charge is 2.30. The average Bonchev–Trinajstić information content (AvgIpc) is 3.44. The van der Waals surface area contributed by atoms with Gasteiger partial charge in [-0.1, -0.05) is 83.3 Å². The molecule has 1 aliphatic carbocycles. The molecule has 1 atom stereocenters. The number of carbonyl (C=O) groups is 2. The van der Waals surface area contributed by atoms with Crippen LogP contribution < -0.4 is 5.32 Å². The van der Waals surface area contributed by atoms with E-state index in [2.05, 4.69) is 5.32 Å². The summed E-state index contributed by atoms with van der Waals surface area (Å²) in [5, 5.41) is 13.1. The Hall–Kier alpha value is -3.45. The van der Waals surface area contributed by atoms with Gasteiger partial charge in [0.2, 0.25) is 0 Å². The van der Waals surface area contributed by atoms with Crippen molar-refractivity contribution in [2.75, 3.05) is 6.61 Å². The summed E-state index contributed by atoms with van der Waals surface area (Å²) in [4.78, 5) is 24.5. The molecule has 5 rings (SSSR count). The summed E-state index contributed by atoms with van der Waals surface area (Å²) in [5.74, 6) is -0.688. The van der Waals surface area contributed by atoms with Crippen molar-refractivity contribution < 1.29 is 23.8 Å². The van der Waals surface area contributed by atoms with E-state index in [9.17, 15) is 14.7 Å². The Morgan fingerprint density at radius 1 is 0.919 bits per heavy atom. The second-order valence-electron chi connectivity index (χ2n) is 8.58. The number of aliphatic carboxylic acids is 1. The smallest absolute Gasteiger partial charge is 0.407 e. The maximum absolute atomic E-state index is 12.6. The van der Waals surface area contributed by atoms with Gasteiger partial charge in [0.25, 0.3) is 0 Å². The molecule has 1 unspecified atom stereocenters. The lowest BCUT2D eigenvalue weighted by Crippen LogP contribution is -2.42. The molecule has 37 heavy (non-hydrogen) atoms. The molecule has 1 aliphatic rings. The largest absolute Gasteiger partial charge is 0.480 e. The number of carboxylic acids is 1. The normalized spacial score (nSPS) is 13.1. The Bertz CT molecular complexity index is 1430. The van der Waals surface area contributed by atoms with Crippen molar-refractivity contribution in [2.24, 2.45) is 0 Å². The van der Waals surface area contributed by atoms with Crippen molar-refractivity contribution in [3.05, 3.63) is 105 Å². The molecular formula is C28H20Cl3NO5. The molecule has 0 radical (unpaired) electrons. The summed E-state index contributed by atoms with van der Waals surface area (Å²) in [6.07, 6.45) is -0.938. The Kier molecular flexibility index (Phi) is 7.15. The number of amides is 1. The lowest BCUT2D eigenvalue weighted by molar-refractivity contribution is -0.139. The van der Waals surface area contributed by atoms with Crippen molar-refractivity contribution in [3.8, 4) is 22.5 Å². The van der Waals surface area contributed by atoms with Crippen LogP contribution in [0.1, 0.15) is 22.8 Å². The first-order valence-electron chi connectivity index (χ1n) is 11.4. The van der Waals surface area contributed by atoms with Gasteiger partial charge >= 0.3 is 12.1 Å². The third-order valence-electron chi connectivity index (χ3n) is 6.25. The van der Waals surface area contributed by atoms with Crippen LogP contribution in [-0.4, -0.2) is 29.8 Å². The van der Waals surface area contributed by atoms with Gasteiger partial charge in [-0.3, -0.25) is 0 Å². The van der Waals surface area contributed by atoms with E-state index in [4.69, 9.17) is 44.0 Å². The number of rotatable bonds is 7. The van der Waals surface area contributed by atoms with Crippen LogP contribution in [0.4, 0.5) is 4.79 Å². The maximum atomic E-state index is 12.6. The molecule has 3 aromatic carbocycles. The van der Waals surface area contributed by atoms with Crippen LogP contribution in [0.2, 0.25) is 15.1 Å². The molecule has 1 amide bonds. The lowest BCUT2D eigenvalue weighted by Gasteiger charge is -2.17. The van der Waals surface area contributed by atoms with Crippen molar-refractivity contribution in [1.82, 2.24) is 5.32 Å². The Labute approximate surface area is 227 Å². The standard InChI is InChI=1S/C28H20Cl3NO5/c29-15-11-22(30)26(23(31)12-15)25-10-9-16(37-25)13-24(27(33)34)32-28(35)36-14-21-19-7-3-1-5-17(19)18-6-2-4-8-20(18)21/h1-12,21,24H,13-14H2,(H,32,35)(H,33,34). The van der Waals surface area contributed by atoms with E-state index in [1.165, 1.54) is 12.1 Å². The first-order chi connectivity index (χ1) is 17.8. The molecule has 0 saturated carbocycles. The summed E-state index contributed by atoms with van der Waals surface area (Å²) in [6.45, 7) is 0.0741. The van der Waals surface area contributed by atoms with Gasteiger partial charge < -0.3 is 19.6 Å². The van der Waals surface area contributed by atoms with Gasteiger partial charge in [0.1, 0.15) is 24.2 Å². The molecule has 188 valence electrons. The van der Waals surface area contributed by atoms with Crippen LogP contribution in [-0.2, 0) is 16.0 Å². The molecule has 0 bridgehead atoms. The van der Waals surface area contributed by atoms with Crippen LogP contribution in [0.5, 0.6) is 0 Å². The van der Waals surface area contributed by atoms with Crippen LogP contribution in [0, 0.1) is 0 Å². The number of carboxylic acid groups (broad SMARTS) is 1. The Balaban J connectivity index is 1.26. The second-order valence-corrected chi connectivity index (χ2v) is 9.83. The fourth-order valence-electron chi connectivity index (χ4n) is 4.58. The highest BCUT2D eigenvalue weighted by Crippen LogP contribution is 2.44. The van der Waals surface area contributed by atoms with Crippen molar-refractivity contribution in [2.45, 2.75) is 18.4 Å². The summed E-state index contributed by atoms with van der Waals surface area (Å²) in [6, 6.07) is 20.9. The number of nitrogens with one attached hydrogen (secondary N) is 1. The molecule has 0 saturated heterocycles. The van der Waals surface area contributed by atoms with Gasteiger partial charge in [0.05, 0.1) is 15.6 Å². The number of benzene rings is 3. The van der Waals surface area contributed by atoms with Crippen LogP contribution in [0.25, 0.3) is 22.5 Å². The average molecular weight is 557 g/mol. The predicted octanol–water partition coefficient (Wildman–Crippen LogP) is 7.44. The molecular weight excluding hydrogens is 537 g/mol. The van der Waals surface area contributed by atoms with Gasteiger partial charge in [0, 0.05) is 17.4 Å². The minimum absolute atomic E-state index is 0.0741. The van der Waals surface area contributed by atoms with Gasteiger partial charge in [-0.2, -0.15) is 0 Å². The van der Waals surface area contributed by atoms with E-state index in [1.807, 2.05) is 48.5 Å². The van der Waals surface area contributed by atoms with E-state index in [0.29, 0.717) is 32.2 Å². The highest BCUT2D eigenvalue weighted by molar-refractivity contribution is 6.41. The number of hydrogen-bond acceptors (Lipinski definition) is 4. The first kappa shape index (κ1) is 25.2. The quantitative estimate of drug-likeness (QED) is 0.247. The molecule has 1 aromatic heterocycles. The highest BCUT2D eigenvalue weighted by atomic mass is 35.5. The van der Waals surface area contributed by atoms with Crippen LogP contribution in [0.15, 0.2) is 77.2 Å². The number of hydrogen-bond donors (Lipinski definition) is 2. The SMILES string of the molecule is O=C(NC(Cc1ccc(-c2c(Cl)cc(Cl)cc2Cl)o1)C(=O)O)OCC1c2ccccc2-c2ccccc21. The number of ether oxygens (including phenoxy) is 1. The van der Waals surface area contributed by atoms with Crippen molar-refractivity contribution in [1.29, 1.82) is 0 Å². The summed E-state index contributed by atoms with van der Waals surface area (Å²) in [5.41, 5.74) is 4.77. The minimum atomic E-state index is -1.27. The summed E-state index contributed by atoms with van der Waals surface area (Å²) in [7, 11) is 0. The Morgan fingerprint density at radius 3 is 2.11 bits per heavy atom. The van der Waals surface area contributed by atoms with E-state index >= 15 is 0 Å². The van der Waals surface area contributed by atoms with E-state index < -0.39 is 18.1 Å². The van der Waals surface area contributed by atoms with E-state index in [0.717, 1.165) is 22.3 Å². The molecule has 0 aliphatic heterocycles. The van der Waals surface area contributed by atoms with Crippen molar-refractivity contribution in [3.63, 3.8) is 0 Å².